The molecular formula is C24H30N4O3. The van der Waals surface area contributed by atoms with Gasteiger partial charge in [0.2, 0.25) is 5.91 Å². The Kier molecular flexibility index (Phi) is 8.07. The number of hydrogen-bond acceptors (Lipinski definition) is 5. The first-order valence-corrected chi connectivity index (χ1v) is 10.1. The maximum absolute atomic E-state index is 12.3. The first-order chi connectivity index (χ1) is 14.6. The number of carbonyl (C=O) groups excluding carboxylic acids is 2. The summed E-state index contributed by atoms with van der Waals surface area (Å²) in [4.78, 5) is 33.5. The third-order valence-electron chi connectivity index (χ3n) is 4.34. The molecule has 7 heteroatoms. The van der Waals surface area contributed by atoms with Gasteiger partial charge in [0.15, 0.2) is 0 Å². The summed E-state index contributed by atoms with van der Waals surface area (Å²) in [6.07, 6.45) is 6.53. The third kappa shape index (κ3) is 7.06. The maximum Gasteiger partial charge on any atom is 0.408 e. The Morgan fingerprint density at radius 1 is 1.19 bits per heavy atom. The summed E-state index contributed by atoms with van der Waals surface area (Å²) in [5.74, 6) is -0.509. The van der Waals surface area contributed by atoms with E-state index in [2.05, 4.69) is 33.8 Å². The highest BCUT2D eigenvalue weighted by atomic mass is 16.6. The topological polar surface area (TPSA) is 93.2 Å². The lowest BCUT2D eigenvalue weighted by atomic mass is 10.0. The number of amides is 2. The number of pyridine rings is 2. The predicted molar refractivity (Wildman–Crippen MR) is 122 cm³/mol. The van der Waals surface area contributed by atoms with Gasteiger partial charge in [-0.15, -0.1) is 13.2 Å². The van der Waals surface area contributed by atoms with E-state index in [9.17, 15) is 9.59 Å². The lowest BCUT2D eigenvalue weighted by Gasteiger charge is -2.23. The van der Waals surface area contributed by atoms with Crippen molar-refractivity contribution in [3.05, 3.63) is 67.7 Å². The third-order valence-corrected chi connectivity index (χ3v) is 4.34. The quantitative estimate of drug-likeness (QED) is 0.581. The molecule has 2 atom stereocenters. The number of nitrogens with one attached hydrogen (secondary N) is 2. The van der Waals surface area contributed by atoms with Crippen molar-refractivity contribution >= 4 is 17.7 Å². The molecule has 2 aromatic heterocycles. The minimum Gasteiger partial charge on any atom is -0.444 e. The second-order valence-corrected chi connectivity index (χ2v) is 8.11. The average molecular weight is 423 g/mol. The van der Waals surface area contributed by atoms with E-state index in [1.807, 2.05) is 6.07 Å². The summed E-state index contributed by atoms with van der Waals surface area (Å²) >= 11 is 0. The summed E-state index contributed by atoms with van der Waals surface area (Å²) < 4.78 is 5.37. The highest BCUT2D eigenvalue weighted by Gasteiger charge is 2.21. The van der Waals surface area contributed by atoms with Crippen LogP contribution in [-0.4, -0.2) is 27.6 Å². The van der Waals surface area contributed by atoms with Gasteiger partial charge >= 0.3 is 6.09 Å². The largest absolute Gasteiger partial charge is 0.444 e. The molecule has 2 rings (SSSR count). The fourth-order valence-electron chi connectivity index (χ4n) is 2.75. The molecule has 0 saturated heterocycles. The smallest absolute Gasteiger partial charge is 0.408 e. The van der Waals surface area contributed by atoms with Crippen molar-refractivity contribution < 1.29 is 14.3 Å². The monoisotopic (exact) mass is 422 g/mol. The molecule has 2 aromatic rings. The lowest BCUT2D eigenvalue weighted by Crippen LogP contribution is -2.35. The molecule has 0 saturated carbocycles. The van der Waals surface area contributed by atoms with Crippen LogP contribution in [0.3, 0.4) is 0 Å². The molecule has 2 amide bonds. The molecule has 0 aliphatic carbocycles. The van der Waals surface area contributed by atoms with Gasteiger partial charge in [-0.05, 0) is 51.5 Å². The van der Waals surface area contributed by atoms with E-state index < -0.39 is 17.7 Å². The zero-order valence-corrected chi connectivity index (χ0v) is 18.5. The number of aromatic nitrogens is 2. The van der Waals surface area contributed by atoms with Gasteiger partial charge in [-0.25, -0.2) is 4.79 Å². The van der Waals surface area contributed by atoms with Crippen LogP contribution in [0.25, 0.3) is 11.3 Å². The molecule has 0 fully saturated rings. The van der Waals surface area contributed by atoms with E-state index >= 15 is 0 Å². The van der Waals surface area contributed by atoms with Crippen molar-refractivity contribution in [3.8, 4) is 11.3 Å². The van der Waals surface area contributed by atoms with Crippen molar-refractivity contribution in [2.24, 2.45) is 5.92 Å². The van der Waals surface area contributed by atoms with Gasteiger partial charge in [-0.1, -0.05) is 19.1 Å². The molecule has 31 heavy (non-hydrogen) atoms. The Morgan fingerprint density at radius 2 is 1.94 bits per heavy atom. The number of hydrogen-bond donors (Lipinski definition) is 2. The second kappa shape index (κ2) is 10.5. The highest BCUT2D eigenvalue weighted by molar-refractivity contribution is 5.96. The highest BCUT2D eigenvalue weighted by Crippen LogP contribution is 2.28. The fourth-order valence-corrected chi connectivity index (χ4v) is 2.75. The molecule has 164 valence electrons. The van der Waals surface area contributed by atoms with Gasteiger partial charge in [0.25, 0.3) is 0 Å². The molecule has 0 spiro atoms. The van der Waals surface area contributed by atoms with Crippen LogP contribution in [-0.2, 0) is 9.53 Å². The molecule has 2 unspecified atom stereocenters. The van der Waals surface area contributed by atoms with Crippen LogP contribution >= 0.6 is 0 Å². The Hall–Kier alpha value is -3.48. The zero-order chi connectivity index (χ0) is 23.0. The standard InChI is InChI=1S/C24H30N4O3/c1-7-10-18(28-23(30)31-24(4,5)6)20-15-17(12-14-25-20)21-19(11-9-13-26-21)27-22(29)16(3)8-2/h7-9,11-16,18H,1-2,10H2,3-6H3,(H,27,29)(H,28,30). The van der Waals surface area contributed by atoms with Crippen molar-refractivity contribution in [3.63, 3.8) is 0 Å². The molecule has 0 aromatic carbocycles. The van der Waals surface area contributed by atoms with Gasteiger partial charge in [0, 0.05) is 18.0 Å². The maximum atomic E-state index is 12.3. The number of carbonyl (C=O) groups is 2. The molecule has 2 N–H and O–H groups in total. The van der Waals surface area contributed by atoms with Crippen molar-refractivity contribution in [1.29, 1.82) is 0 Å². The van der Waals surface area contributed by atoms with E-state index in [0.29, 0.717) is 23.5 Å². The first-order valence-electron chi connectivity index (χ1n) is 10.1. The number of alkyl carbamates (subject to hydrolysis) is 1. The van der Waals surface area contributed by atoms with E-state index in [-0.39, 0.29) is 11.8 Å². The summed E-state index contributed by atoms with van der Waals surface area (Å²) in [6.45, 7) is 14.6. The first kappa shape index (κ1) is 23.8. The summed E-state index contributed by atoms with van der Waals surface area (Å²) in [7, 11) is 0. The average Bonchev–Trinajstić information content (AvgIpc) is 2.72. The van der Waals surface area contributed by atoms with Crippen molar-refractivity contribution in [2.75, 3.05) is 5.32 Å². The van der Waals surface area contributed by atoms with Crippen LogP contribution < -0.4 is 10.6 Å². The normalized spacial score (nSPS) is 12.9. The number of nitrogens with zero attached hydrogens (tertiary/aromatic N) is 2. The van der Waals surface area contributed by atoms with Gasteiger partial charge in [0.05, 0.1) is 29.0 Å². The number of anilines is 1. The molecule has 0 aliphatic heterocycles. The van der Waals surface area contributed by atoms with Crippen LogP contribution in [0.15, 0.2) is 62.0 Å². The van der Waals surface area contributed by atoms with E-state index in [1.54, 1.807) is 70.4 Å². The summed E-state index contributed by atoms with van der Waals surface area (Å²) in [5.41, 5.74) is 1.96. The Labute approximate surface area is 183 Å². The Morgan fingerprint density at radius 3 is 2.58 bits per heavy atom. The van der Waals surface area contributed by atoms with Gasteiger partial charge in [-0.3, -0.25) is 14.8 Å². The number of ether oxygens (including phenoxy) is 1. The molecule has 7 nitrogen and oxygen atoms in total. The van der Waals surface area contributed by atoms with E-state index in [1.165, 1.54) is 0 Å². The molecule has 0 aliphatic rings. The second-order valence-electron chi connectivity index (χ2n) is 8.11. The van der Waals surface area contributed by atoms with Crippen LogP contribution in [0, 0.1) is 5.92 Å². The SMILES string of the molecule is C=CCC(NC(=O)OC(C)(C)C)c1cc(-c2ncccc2NC(=O)C(C)C=C)ccn1. The lowest BCUT2D eigenvalue weighted by molar-refractivity contribution is -0.118. The molecule has 0 radical (unpaired) electrons. The zero-order valence-electron chi connectivity index (χ0n) is 18.5. The van der Waals surface area contributed by atoms with Crippen LogP contribution in [0.4, 0.5) is 10.5 Å². The van der Waals surface area contributed by atoms with Crippen LogP contribution in [0.1, 0.15) is 45.9 Å². The predicted octanol–water partition coefficient (Wildman–Crippen LogP) is 5.05. The Bertz CT molecular complexity index is 950. The fraction of sp³-hybridized carbons (Fsp3) is 0.333. The molecule has 2 heterocycles. The van der Waals surface area contributed by atoms with Gasteiger partial charge in [-0.2, -0.15) is 0 Å². The number of rotatable bonds is 8. The van der Waals surface area contributed by atoms with Gasteiger partial charge < -0.3 is 15.4 Å². The van der Waals surface area contributed by atoms with Gasteiger partial charge in [0.1, 0.15) is 5.60 Å². The van der Waals surface area contributed by atoms with E-state index in [4.69, 9.17) is 4.74 Å². The van der Waals surface area contributed by atoms with Crippen molar-refractivity contribution in [2.45, 2.75) is 45.8 Å². The van der Waals surface area contributed by atoms with Crippen molar-refractivity contribution in [1.82, 2.24) is 15.3 Å². The van der Waals surface area contributed by atoms with Crippen LogP contribution in [0.5, 0.6) is 0 Å². The van der Waals surface area contributed by atoms with E-state index in [0.717, 1.165) is 5.56 Å². The molecule has 0 bridgehead atoms. The molecular weight excluding hydrogens is 392 g/mol. The summed E-state index contributed by atoms with van der Waals surface area (Å²) in [5, 5.41) is 5.74. The minimum absolute atomic E-state index is 0.172. The Balaban J connectivity index is 2.33. The minimum atomic E-state index is -0.609. The summed E-state index contributed by atoms with van der Waals surface area (Å²) in [6, 6.07) is 6.76. The van der Waals surface area contributed by atoms with Crippen LogP contribution in [0.2, 0.25) is 0 Å².